The maximum atomic E-state index is 13.0. The normalized spacial score (nSPS) is 13.0. The molecule has 3 aromatic rings. The van der Waals surface area contributed by atoms with Crippen molar-refractivity contribution in [2.75, 3.05) is 0 Å². The zero-order chi connectivity index (χ0) is 21.4. The van der Waals surface area contributed by atoms with Crippen molar-refractivity contribution in [1.29, 1.82) is 0 Å². The monoisotopic (exact) mass is 434 g/mol. The Labute approximate surface area is 161 Å². The lowest BCUT2D eigenvalue weighted by atomic mass is 10.0. The number of rotatable bonds is 4. The van der Waals surface area contributed by atoms with Gasteiger partial charge in [-0.05, 0) is 18.2 Å². The number of aliphatic carboxylic acids is 1. The Morgan fingerprint density at radius 2 is 1.66 bits per heavy atom. The second-order valence-electron chi connectivity index (χ2n) is 5.53. The Balaban J connectivity index is 2.06. The standard InChI is InChI=1S/C16H8F6N4O2S/c17-15(18,19)9-3-8(4-10(5-9)16(20,21)22)12-24-7-26(25-12)6-11(14(27)28)13-23-1-2-29-13/h1-7H,(H,27,28)/b11-6-. The Morgan fingerprint density at radius 1 is 1.03 bits per heavy atom. The number of alkyl halides is 6. The Hall–Kier alpha value is -3.22. The maximum absolute atomic E-state index is 13.0. The van der Waals surface area contributed by atoms with Crippen LogP contribution in [0.2, 0.25) is 0 Å². The number of carboxylic acids is 1. The highest BCUT2D eigenvalue weighted by Crippen LogP contribution is 2.38. The molecule has 0 saturated heterocycles. The molecule has 0 spiro atoms. The van der Waals surface area contributed by atoms with Gasteiger partial charge < -0.3 is 5.11 Å². The summed E-state index contributed by atoms with van der Waals surface area (Å²) < 4.78 is 78.8. The molecule has 0 aliphatic carbocycles. The van der Waals surface area contributed by atoms with Crippen molar-refractivity contribution in [3.05, 3.63) is 52.2 Å². The minimum Gasteiger partial charge on any atom is -0.478 e. The van der Waals surface area contributed by atoms with E-state index in [1.54, 1.807) is 0 Å². The molecule has 2 aromatic heterocycles. The lowest BCUT2D eigenvalue weighted by molar-refractivity contribution is -0.143. The molecular formula is C16H8F6N4O2S. The lowest BCUT2D eigenvalue weighted by Gasteiger charge is -2.13. The number of hydrogen-bond donors (Lipinski definition) is 1. The summed E-state index contributed by atoms with van der Waals surface area (Å²) >= 11 is 1.02. The summed E-state index contributed by atoms with van der Waals surface area (Å²) in [7, 11) is 0. The van der Waals surface area contributed by atoms with Gasteiger partial charge in [-0.2, -0.15) is 26.3 Å². The molecule has 29 heavy (non-hydrogen) atoms. The van der Waals surface area contributed by atoms with E-state index >= 15 is 0 Å². The quantitative estimate of drug-likeness (QED) is 0.482. The fraction of sp³-hybridized carbons (Fsp3) is 0.125. The first-order chi connectivity index (χ1) is 13.4. The van der Waals surface area contributed by atoms with Crippen LogP contribution in [-0.4, -0.2) is 30.8 Å². The van der Waals surface area contributed by atoms with Gasteiger partial charge in [0.1, 0.15) is 16.9 Å². The topological polar surface area (TPSA) is 80.9 Å². The SMILES string of the molecule is O=C(O)/C(=C\n1cnc(-c2cc(C(F)(F)F)cc(C(F)(F)F)c2)n1)c1nccs1. The van der Waals surface area contributed by atoms with E-state index in [1.165, 1.54) is 11.6 Å². The molecule has 3 rings (SSSR count). The summed E-state index contributed by atoms with van der Waals surface area (Å²) in [4.78, 5) is 18.9. The molecular weight excluding hydrogens is 426 g/mol. The van der Waals surface area contributed by atoms with E-state index in [0.29, 0.717) is 12.1 Å². The first-order valence-electron chi connectivity index (χ1n) is 7.51. The number of halogens is 6. The Bertz CT molecular complexity index is 1040. The van der Waals surface area contributed by atoms with Crippen molar-refractivity contribution in [3.63, 3.8) is 0 Å². The van der Waals surface area contributed by atoms with Crippen molar-refractivity contribution in [1.82, 2.24) is 19.7 Å². The Kier molecular flexibility index (Phi) is 5.17. The number of benzene rings is 1. The van der Waals surface area contributed by atoms with Crippen LogP contribution in [0.5, 0.6) is 0 Å². The molecule has 1 aromatic carbocycles. The molecule has 0 bridgehead atoms. The first kappa shape index (κ1) is 20.5. The summed E-state index contributed by atoms with van der Waals surface area (Å²) in [6, 6.07) is 0.959. The smallest absolute Gasteiger partial charge is 0.416 e. The first-order valence-corrected chi connectivity index (χ1v) is 8.39. The second-order valence-corrected chi connectivity index (χ2v) is 6.42. The van der Waals surface area contributed by atoms with Crippen LogP contribution < -0.4 is 0 Å². The minimum absolute atomic E-state index is 0.00854. The van der Waals surface area contributed by atoms with Crippen molar-refractivity contribution < 1.29 is 36.2 Å². The van der Waals surface area contributed by atoms with Gasteiger partial charge in [-0.25, -0.2) is 19.4 Å². The van der Waals surface area contributed by atoms with Gasteiger partial charge in [0.25, 0.3) is 0 Å². The number of nitrogens with zero attached hydrogens (tertiary/aromatic N) is 4. The fourth-order valence-electron chi connectivity index (χ4n) is 2.24. The molecule has 0 unspecified atom stereocenters. The lowest BCUT2D eigenvalue weighted by Crippen LogP contribution is -2.11. The van der Waals surface area contributed by atoms with Gasteiger partial charge >= 0.3 is 18.3 Å². The van der Waals surface area contributed by atoms with Crippen LogP contribution in [0, 0.1) is 0 Å². The van der Waals surface area contributed by atoms with Gasteiger partial charge in [-0.3, -0.25) is 0 Å². The number of carboxylic acid groups (broad SMARTS) is 1. The number of hydrogen-bond acceptors (Lipinski definition) is 5. The molecule has 0 aliphatic heterocycles. The van der Waals surface area contributed by atoms with Gasteiger partial charge in [-0.1, -0.05) is 0 Å². The molecule has 0 atom stereocenters. The van der Waals surface area contributed by atoms with E-state index in [1.807, 2.05) is 0 Å². The van der Waals surface area contributed by atoms with Gasteiger partial charge in [0.05, 0.1) is 11.1 Å². The van der Waals surface area contributed by atoms with Crippen LogP contribution in [-0.2, 0) is 17.1 Å². The zero-order valence-corrected chi connectivity index (χ0v) is 14.7. The molecule has 0 amide bonds. The highest BCUT2D eigenvalue weighted by molar-refractivity contribution is 7.11. The van der Waals surface area contributed by atoms with Crippen LogP contribution >= 0.6 is 11.3 Å². The summed E-state index contributed by atoms with van der Waals surface area (Å²) in [5.74, 6) is -1.79. The second kappa shape index (κ2) is 7.31. The largest absolute Gasteiger partial charge is 0.478 e. The van der Waals surface area contributed by atoms with Crippen LogP contribution in [0.15, 0.2) is 36.1 Å². The average molecular weight is 434 g/mol. The van der Waals surface area contributed by atoms with E-state index < -0.39 is 40.8 Å². The maximum Gasteiger partial charge on any atom is 0.416 e. The predicted molar refractivity (Wildman–Crippen MR) is 89.4 cm³/mol. The van der Waals surface area contributed by atoms with E-state index in [4.69, 9.17) is 0 Å². The molecule has 0 aliphatic rings. The molecule has 152 valence electrons. The van der Waals surface area contributed by atoms with Crippen LogP contribution in [0.25, 0.3) is 23.2 Å². The van der Waals surface area contributed by atoms with E-state index in [-0.39, 0.29) is 16.6 Å². The third-order valence-corrected chi connectivity index (χ3v) is 4.32. The van der Waals surface area contributed by atoms with Crippen molar-refractivity contribution >= 4 is 29.1 Å². The van der Waals surface area contributed by atoms with Crippen molar-refractivity contribution in [2.45, 2.75) is 12.4 Å². The van der Waals surface area contributed by atoms with Crippen LogP contribution in [0.1, 0.15) is 16.1 Å². The molecule has 6 nitrogen and oxygen atoms in total. The number of carbonyl (C=O) groups is 1. The summed E-state index contributed by atoms with van der Waals surface area (Å²) in [5.41, 5.74) is -3.83. The third kappa shape index (κ3) is 4.62. The summed E-state index contributed by atoms with van der Waals surface area (Å²) in [5, 5.41) is 14.7. The van der Waals surface area contributed by atoms with E-state index in [2.05, 4.69) is 15.1 Å². The molecule has 13 heteroatoms. The molecule has 0 fully saturated rings. The Morgan fingerprint density at radius 3 is 2.14 bits per heavy atom. The highest BCUT2D eigenvalue weighted by Gasteiger charge is 2.37. The minimum atomic E-state index is -5.01. The number of aromatic nitrogens is 4. The molecule has 0 radical (unpaired) electrons. The van der Waals surface area contributed by atoms with E-state index in [9.17, 15) is 36.2 Å². The summed E-state index contributed by atoms with van der Waals surface area (Å²) in [6.45, 7) is 0. The zero-order valence-electron chi connectivity index (χ0n) is 13.9. The van der Waals surface area contributed by atoms with Crippen molar-refractivity contribution in [3.8, 4) is 11.4 Å². The highest BCUT2D eigenvalue weighted by atomic mass is 32.1. The molecule has 1 N–H and O–H groups in total. The molecule has 0 saturated carbocycles. The molecule has 2 heterocycles. The van der Waals surface area contributed by atoms with Gasteiger partial charge in [0.15, 0.2) is 5.82 Å². The third-order valence-electron chi connectivity index (χ3n) is 3.51. The number of thiazole rings is 1. The average Bonchev–Trinajstić information content (AvgIpc) is 3.29. The van der Waals surface area contributed by atoms with Crippen LogP contribution in [0.4, 0.5) is 26.3 Å². The predicted octanol–water partition coefficient (Wildman–Crippen LogP) is 4.52. The van der Waals surface area contributed by atoms with E-state index in [0.717, 1.165) is 28.5 Å². The van der Waals surface area contributed by atoms with Gasteiger partial charge in [0.2, 0.25) is 0 Å². The van der Waals surface area contributed by atoms with Crippen LogP contribution in [0.3, 0.4) is 0 Å². The van der Waals surface area contributed by atoms with Crippen molar-refractivity contribution in [2.24, 2.45) is 0 Å². The fourth-order valence-corrected chi connectivity index (χ4v) is 2.88. The van der Waals surface area contributed by atoms with Gasteiger partial charge in [0, 0.05) is 23.3 Å². The summed E-state index contributed by atoms with van der Waals surface area (Å²) in [6.07, 6.45) is -6.71. The van der Waals surface area contributed by atoms with Gasteiger partial charge in [-0.15, -0.1) is 16.4 Å².